The normalized spacial score (nSPS) is 10.9. The third kappa shape index (κ3) is 2.10. The van der Waals surface area contributed by atoms with Gasteiger partial charge in [0.1, 0.15) is 0 Å². The number of carbonyl (C=O) groups excluding carboxylic acids is 1. The number of carboxylic acids is 1. The van der Waals surface area contributed by atoms with Crippen LogP contribution in [0, 0.1) is 0 Å². The number of esters is 1. The van der Waals surface area contributed by atoms with Gasteiger partial charge in [0, 0.05) is 23.9 Å². The number of rotatable bonds is 3. The van der Waals surface area contributed by atoms with Gasteiger partial charge in [0.2, 0.25) is 0 Å². The van der Waals surface area contributed by atoms with E-state index in [0.29, 0.717) is 5.56 Å². The van der Waals surface area contributed by atoms with Crippen LogP contribution in [0.25, 0.3) is 17.1 Å². The Bertz CT molecular complexity index is 639. The molecule has 0 fully saturated rings. The molecule has 0 aliphatic rings. The first-order valence-electron chi connectivity index (χ1n) is 5.22. The lowest BCUT2D eigenvalue weighted by Gasteiger charge is -1.95. The van der Waals surface area contributed by atoms with E-state index in [1.54, 1.807) is 29.0 Å². The van der Waals surface area contributed by atoms with Gasteiger partial charge in [-0.1, -0.05) is 18.2 Å². The molecule has 0 aliphatic heterocycles. The molecule has 92 valence electrons. The summed E-state index contributed by atoms with van der Waals surface area (Å²) in [5.41, 5.74) is 1.15. The first-order chi connectivity index (χ1) is 8.63. The van der Waals surface area contributed by atoms with Crippen LogP contribution in [0.1, 0.15) is 10.4 Å². The molecule has 0 amide bonds. The topological polar surface area (TPSA) is 68.5 Å². The summed E-state index contributed by atoms with van der Waals surface area (Å²) in [7, 11) is 1.31. The van der Waals surface area contributed by atoms with Crippen molar-refractivity contribution >= 4 is 29.0 Å². The minimum Gasteiger partial charge on any atom is -0.478 e. The summed E-state index contributed by atoms with van der Waals surface area (Å²) in [6, 6.07) is 7.20. The van der Waals surface area contributed by atoms with Crippen molar-refractivity contribution < 1.29 is 19.4 Å². The quantitative estimate of drug-likeness (QED) is 0.663. The molecule has 0 aliphatic carbocycles. The molecule has 18 heavy (non-hydrogen) atoms. The predicted octanol–water partition coefficient (Wildman–Crippen LogP) is 1.98. The highest BCUT2D eigenvalue weighted by atomic mass is 16.5. The number of carboxylic acid groups (broad SMARTS) is 1. The van der Waals surface area contributed by atoms with Crippen molar-refractivity contribution in [3.63, 3.8) is 0 Å². The Kier molecular flexibility index (Phi) is 3.14. The van der Waals surface area contributed by atoms with Gasteiger partial charge in [0.15, 0.2) is 0 Å². The second kappa shape index (κ2) is 4.75. The fourth-order valence-corrected chi connectivity index (χ4v) is 1.74. The molecular weight excluding hydrogens is 234 g/mol. The molecule has 0 atom stereocenters. The molecular formula is C13H11NO4. The Labute approximate surface area is 103 Å². The minimum atomic E-state index is -1.05. The fraction of sp³-hybridized carbons (Fsp3) is 0.0769. The van der Waals surface area contributed by atoms with Gasteiger partial charge in [0.05, 0.1) is 18.2 Å². The second-order valence-electron chi connectivity index (χ2n) is 3.61. The third-order valence-corrected chi connectivity index (χ3v) is 2.52. The van der Waals surface area contributed by atoms with Gasteiger partial charge >= 0.3 is 11.9 Å². The van der Waals surface area contributed by atoms with E-state index in [9.17, 15) is 9.59 Å². The fourth-order valence-electron chi connectivity index (χ4n) is 1.74. The highest BCUT2D eigenvalue weighted by Gasteiger charge is 2.13. The number of fused-ring (bicyclic) bond motifs is 1. The van der Waals surface area contributed by atoms with Crippen molar-refractivity contribution in [2.75, 3.05) is 7.11 Å². The Morgan fingerprint density at radius 2 is 2.06 bits per heavy atom. The van der Waals surface area contributed by atoms with Crippen LogP contribution in [0.4, 0.5) is 0 Å². The zero-order valence-corrected chi connectivity index (χ0v) is 9.66. The lowest BCUT2D eigenvalue weighted by Crippen LogP contribution is -1.99. The summed E-state index contributed by atoms with van der Waals surface area (Å²) in [5, 5.41) is 9.34. The van der Waals surface area contributed by atoms with Crippen LogP contribution in [0.5, 0.6) is 0 Å². The van der Waals surface area contributed by atoms with E-state index >= 15 is 0 Å². The monoisotopic (exact) mass is 245 g/mol. The summed E-state index contributed by atoms with van der Waals surface area (Å²) in [6.45, 7) is 0. The van der Waals surface area contributed by atoms with E-state index in [-0.39, 0.29) is 0 Å². The number of benzene rings is 1. The maximum Gasteiger partial charge on any atom is 0.340 e. The molecule has 1 N–H and O–H groups in total. The number of ether oxygens (including phenoxy) is 1. The number of hydrogen-bond donors (Lipinski definition) is 1. The molecule has 2 rings (SSSR count). The summed E-state index contributed by atoms with van der Waals surface area (Å²) < 4.78 is 6.27. The maximum absolute atomic E-state index is 11.6. The molecule has 0 bridgehead atoms. The van der Waals surface area contributed by atoms with Crippen LogP contribution < -0.4 is 0 Å². The molecule has 1 aromatic heterocycles. The maximum atomic E-state index is 11.6. The van der Waals surface area contributed by atoms with Crippen LogP contribution in [0.2, 0.25) is 0 Å². The van der Waals surface area contributed by atoms with E-state index in [4.69, 9.17) is 9.84 Å². The van der Waals surface area contributed by atoms with Crippen LogP contribution in [0.3, 0.4) is 0 Å². The van der Waals surface area contributed by atoms with Crippen LogP contribution >= 0.6 is 0 Å². The largest absolute Gasteiger partial charge is 0.478 e. The first-order valence-corrected chi connectivity index (χ1v) is 5.22. The Hall–Kier alpha value is -2.56. The van der Waals surface area contributed by atoms with Gasteiger partial charge in [-0.05, 0) is 6.07 Å². The van der Waals surface area contributed by atoms with E-state index in [0.717, 1.165) is 17.0 Å². The molecule has 0 unspecified atom stereocenters. The zero-order chi connectivity index (χ0) is 13.1. The van der Waals surface area contributed by atoms with Gasteiger partial charge in [-0.15, -0.1) is 0 Å². The first kappa shape index (κ1) is 11.9. The number of hydrogen-bond acceptors (Lipinski definition) is 3. The molecule has 0 spiro atoms. The molecule has 2 aromatic rings. The predicted molar refractivity (Wildman–Crippen MR) is 66.2 cm³/mol. The number of aliphatic carboxylic acids is 1. The average Bonchev–Trinajstić information content (AvgIpc) is 2.74. The molecule has 0 radical (unpaired) electrons. The Balaban J connectivity index is 2.61. The Morgan fingerprint density at radius 1 is 1.33 bits per heavy atom. The third-order valence-electron chi connectivity index (χ3n) is 2.52. The van der Waals surface area contributed by atoms with Gasteiger partial charge in [0.25, 0.3) is 0 Å². The highest BCUT2D eigenvalue weighted by Crippen LogP contribution is 2.22. The van der Waals surface area contributed by atoms with Crippen molar-refractivity contribution in [1.29, 1.82) is 0 Å². The minimum absolute atomic E-state index is 0.406. The average molecular weight is 245 g/mol. The standard InChI is InChI=1S/C13H11NO4/c1-18-13(17)10-8-14(7-6-12(15)16)11-5-3-2-4-9(10)11/h2-8H,1H3,(H,15,16)/b7-6+. The summed E-state index contributed by atoms with van der Waals surface area (Å²) in [6.07, 6.45) is 3.94. The van der Waals surface area contributed by atoms with Gasteiger partial charge in [-0.2, -0.15) is 0 Å². The summed E-state index contributed by atoms with van der Waals surface area (Å²) in [4.78, 5) is 22.1. The van der Waals surface area contributed by atoms with E-state index < -0.39 is 11.9 Å². The second-order valence-corrected chi connectivity index (χ2v) is 3.61. The van der Waals surface area contributed by atoms with Crippen molar-refractivity contribution in [3.05, 3.63) is 42.1 Å². The smallest absolute Gasteiger partial charge is 0.340 e. The van der Waals surface area contributed by atoms with Crippen LogP contribution in [-0.2, 0) is 9.53 Å². The van der Waals surface area contributed by atoms with E-state index in [2.05, 4.69) is 0 Å². The Morgan fingerprint density at radius 3 is 2.72 bits per heavy atom. The lowest BCUT2D eigenvalue weighted by molar-refractivity contribution is -0.131. The summed E-state index contributed by atoms with van der Waals surface area (Å²) >= 11 is 0. The molecule has 5 nitrogen and oxygen atoms in total. The van der Waals surface area contributed by atoms with E-state index in [1.165, 1.54) is 13.3 Å². The van der Waals surface area contributed by atoms with Crippen molar-refractivity contribution in [1.82, 2.24) is 4.57 Å². The van der Waals surface area contributed by atoms with Gasteiger partial charge in [-0.25, -0.2) is 9.59 Å². The van der Waals surface area contributed by atoms with Crippen LogP contribution in [-0.4, -0.2) is 28.7 Å². The number of aromatic nitrogens is 1. The van der Waals surface area contributed by atoms with Crippen molar-refractivity contribution in [2.45, 2.75) is 0 Å². The highest BCUT2D eigenvalue weighted by molar-refractivity contribution is 6.05. The van der Waals surface area contributed by atoms with Crippen molar-refractivity contribution in [2.24, 2.45) is 0 Å². The molecule has 0 saturated heterocycles. The van der Waals surface area contributed by atoms with Crippen LogP contribution in [0.15, 0.2) is 36.5 Å². The number of para-hydroxylation sites is 1. The number of methoxy groups -OCH3 is 1. The number of nitrogens with zero attached hydrogens (tertiary/aromatic N) is 1. The molecule has 5 heteroatoms. The van der Waals surface area contributed by atoms with E-state index in [1.807, 2.05) is 6.07 Å². The summed E-state index contributed by atoms with van der Waals surface area (Å²) in [5.74, 6) is -1.50. The SMILES string of the molecule is COC(=O)c1cn(/C=C/C(=O)O)c2ccccc12. The zero-order valence-electron chi connectivity index (χ0n) is 9.66. The molecule has 0 saturated carbocycles. The lowest BCUT2D eigenvalue weighted by atomic mass is 10.2. The van der Waals surface area contributed by atoms with Crippen molar-refractivity contribution in [3.8, 4) is 0 Å². The molecule has 1 heterocycles. The van der Waals surface area contributed by atoms with Gasteiger partial charge in [-0.3, -0.25) is 0 Å². The number of carbonyl (C=O) groups is 2. The molecule has 1 aromatic carbocycles. The van der Waals surface area contributed by atoms with Gasteiger partial charge < -0.3 is 14.4 Å².